The Hall–Kier alpha value is -2.27. The molecule has 0 spiro atoms. The van der Waals surface area contributed by atoms with E-state index in [2.05, 4.69) is 15.6 Å². The number of hydrogen-bond donors (Lipinski definition) is 2. The molecule has 2 aromatic rings. The Kier molecular flexibility index (Phi) is 8.59. The molecule has 2 aliphatic heterocycles. The molecule has 7 nitrogen and oxygen atoms in total. The van der Waals surface area contributed by atoms with Crippen LogP contribution in [0.15, 0.2) is 35.3 Å². The molecular weight excluding hydrogens is 516 g/mol. The first-order valence-corrected chi connectivity index (χ1v) is 10.2. The minimum absolute atomic E-state index is 0. The molecule has 2 aliphatic rings. The van der Waals surface area contributed by atoms with E-state index in [0.717, 1.165) is 34.7 Å². The van der Waals surface area contributed by atoms with Gasteiger partial charge in [0, 0.05) is 36.8 Å². The minimum atomic E-state index is -0.293. The van der Waals surface area contributed by atoms with Crippen molar-refractivity contribution < 1.29 is 23.3 Å². The molecule has 2 heterocycles. The van der Waals surface area contributed by atoms with Crippen LogP contribution in [-0.2, 0) is 17.8 Å². The molecule has 0 atom stereocenters. The summed E-state index contributed by atoms with van der Waals surface area (Å²) in [5.74, 6) is 2.53. The molecule has 31 heavy (non-hydrogen) atoms. The molecule has 0 amide bonds. The average Bonchev–Trinajstić information content (AvgIpc) is 2.99. The van der Waals surface area contributed by atoms with Crippen LogP contribution < -0.4 is 24.8 Å². The lowest BCUT2D eigenvalue weighted by Gasteiger charge is -2.20. The molecule has 9 heteroatoms. The molecule has 0 bridgehead atoms. The predicted molar refractivity (Wildman–Crippen MR) is 127 cm³/mol. The fraction of sp³-hybridized carbons (Fsp3) is 0.409. The van der Waals surface area contributed by atoms with Crippen molar-refractivity contribution in [3.8, 4) is 17.2 Å². The summed E-state index contributed by atoms with van der Waals surface area (Å²) in [7, 11) is 0. The molecule has 0 saturated heterocycles. The van der Waals surface area contributed by atoms with Gasteiger partial charge in [0.05, 0.1) is 19.8 Å². The molecule has 0 radical (unpaired) electrons. The second kappa shape index (κ2) is 11.4. The zero-order valence-electron chi connectivity index (χ0n) is 17.4. The SMILES string of the molecule is CCNC(=NCCc1cc(F)cc2c1OCOC2)Nc1ccc2c(c1)OCCCO2.I. The van der Waals surface area contributed by atoms with E-state index in [-0.39, 0.29) is 36.6 Å². The van der Waals surface area contributed by atoms with Crippen molar-refractivity contribution >= 4 is 35.6 Å². The highest BCUT2D eigenvalue weighted by Crippen LogP contribution is 2.32. The van der Waals surface area contributed by atoms with Gasteiger partial charge in [-0.1, -0.05) is 0 Å². The average molecular weight is 543 g/mol. The van der Waals surface area contributed by atoms with Crippen LogP contribution in [0.2, 0.25) is 0 Å². The van der Waals surface area contributed by atoms with Crippen LogP contribution in [0.1, 0.15) is 24.5 Å². The zero-order chi connectivity index (χ0) is 20.8. The number of guanidine groups is 1. The third kappa shape index (κ3) is 6.13. The number of benzene rings is 2. The Labute approximate surface area is 198 Å². The van der Waals surface area contributed by atoms with Crippen LogP contribution in [-0.4, -0.2) is 39.1 Å². The van der Waals surface area contributed by atoms with Crippen molar-refractivity contribution in [3.63, 3.8) is 0 Å². The lowest BCUT2D eigenvalue weighted by atomic mass is 10.1. The number of nitrogens with zero attached hydrogens (tertiary/aromatic N) is 1. The van der Waals surface area contributed by atoms with Crippen molar-refractivity contribution in [1.82, 2.24) is 5.32 Å². The van der Waals surface area contributed by atoms with Crippen LogP contribution >= 0.6 is 24.0 Å². The van der Waals surface area contributed by atoms with E-state index >= 15 is 0 Å². The van der Waals surface area contributed by atoms with Crippen LogP contribution in [0.25, 0.3) is 0 Å². The van der Waals surface area contributed by atoms with E-state index in [9.17, 15) is 4.39 Å². The molecule has 0 unspecified atom stereocenters. The Bertz CT molecular complexity index is 926. The summed E-state index contributed by atoms with van der Waals surface area (Å²) in [6, 6.07) is 8.69. The van der Waals surface area contributed by atoms with Crippen LogP contribution in [0.5, 0.6) is 17.2 Å². The monoisotopic (exact) mass is 543 g/mol. The number of rotatable bonds is 5. The Morgan fingerprint density at radius 2 is 1.94 bits per heavy atom. The highest BCUT2D eigenvalue weighted by molar-refractivity contribution is 14.0. The second-order valence-corrected chi connectivity index (χ2v) is 7.01. The van der Waals surface area contributed by atoms with Crippen molar-refractivity contribution in [2.24, 2.45) is 4.99 Å². The van der Waals surface area contributed by atoms with E-state index in [0.29, 0.717) is 51.0 Å². The molecule has 2 N–H and O–H groups in total. The van der Waals surface area contributed by atoms with E-state index in [1.54, 1.807) is 0 Å². The third-order valence-corrected chi connectivity index (χ3v) is 4.76. The summed E-state index contributed by atoms with van der Waals surface area (Å²) in [4.78, 5) is 4.63. The van der Waals surface area contributed by atoms with Crippen LogP contribution in [0, 0.1) is 5.82 Å². The summed E-state index contributed by atoms with van der Waals surface area (Å²) in [5, 5.41) is 6.51. The van der Waals surface area contributed by atoms with Gasteiger partial charge >= 0.3 is 0 Å². The number of anilines is 1. The molecular formula is C22H27FIN3O4. The van der Waals surface area contributed by atoms with Gasteiger partial charge < -0.3 is 29.6 Å². The Morgan fingerprint density at radius 3 is 2.77 bits per heavy atom. The second-order valence-electron chi connectivity index (χ2n) is 7.01. The highest BCUT2D eigenvalue weighted by atomic mass is 127. The van der Waals surface area contributed by atoms with Crippen molar-refractivity contribution in [2.45, 2.75) is 26.4 Å². The molecule has 2 aromatic carbocycles. The number of nitrogens with one attached hydrogen (secondary N) is 2. The highest BCUT2D eigenvalue weighted by Gasteiger charge is 2.17. The van der Waals surface area contributed by atoms with Crippen molar-refractivity contribution in [1.29, 1.82) is 0 Å². The Balaban J connectivity index is 0.00000272. The molecule has 0 fully saturated rings. The normalized spacial score (nSPS) is 15.1. The van der Waals surface area contributed by atoms with Gasteiger partial charge in [-0.2, -0.15) is 0 Å². The first-order chi connectivity index (χ1) is 14.7. The number of halogens is 2. The van der Waals surface area contributed by atoms with Gasteiger partial charge in [0.1, 0.15) is 11.6 Å². The summed E-state index contributed by atoms with van der Waals surface area (Å²) in [6.07, 6.45) is 1.42. The van der Waals surface area contributed by atoms with Gasteiger partial charge in [-0.3, -0.25) is 4.99 Å². The number of aliphatic imine (C=N–C) groups is 1. The summed E-state index contributed by atoms with van der Waals surface area (Å²) < 4.78 is 36.2. The molecule has 0 aliphatic carbocycles. The molecule has 168 valence electrons. The number of hydrogen-bond acceptors (Lipinski definition) is 5. The predicted octanol–water partition coefficient (Wildman–Crippen LogP) is 4.09. The van der Waals surface area contributed by atoms with E-state index in [1.165, 1.54) is 12.1 Å². The summed E-state index contributed by atoms with van der Waals surface area (Å²) in [5.41, 5.74) is 2.38. The molecule has 4 rings (SSSR count). The van der Waals surface area contributed by atoms with Gasteiger partial charge in [0.15, 0.2) is 24.3 Å². The standard InChI is InChI=1S/C22H26FN3O4.HI/c1-2-24-22(26-18-4-5-19-20(12-18)29-9-3-8-28-19)25-7-6-15-10-17(23)11-16-13-27-14-30-21(15)16;/h4-5,10-12H,2-3,6-9,13-14H2,1H3,(H2,24,25,26);1H. The summed E-state index contributed by atoms with van der Waals surface area (Å²) >= 11 is 0. The maximum atomic E-state index is 13.9. The van der Waals surface area contributed by atoms with Gasteiger partial charge in [0.25, 0.3) is 0 Å². The van der Waals surface area contributed by atoms with Crippen molar-refractivity contribution in [2.75, 3.05) is 38.4 Å². The fourth-order valence-electron chi connectivity index (χ4n) is 3.42. The van der Waals surface area contributed by atoms with E-state index in [4.69, 9.17) is 18.9 Å². The van der Waals surface area contributed by atoms with Crippen LogP contribution in [0.3, 0.4) is 0 Å². The smallest absolute Gasteiger partial charge is 0.195 e. The first-order valence-electron chi connectivity index (χ1n) is 10.2. The van der Waals surface area contributed by atoms with E-state index < -0.39 is 0 Å². The van der Waals surface area contributed by atoms with E-state index in [1.807, 2.05) is 25.1 Å². The lowest BCUT2D eigenvalue weighted by molar-refractivity contribution is -0.0172. The maximum absolute atomic E-state index is 13.9. The quantitative estimate of drug-likeness (QED) is 0.337. The number of ether oxygens (including phenoxy) is 4. The van der Waals surface area contributed by atoms with Gasteiger partial charge in [-0.15, -0.1) is 24.0 Å². The van der Waals surface area contributed by atoms with Crippen molar-refractivity contribution in [3.05, 3.63) is 47.3 Å². The first kappa shape index (κ1) is 23.4. The van der Waals surface area contributed by atoms with Gasteiger partial charge in [-0.25, -0.2) is 4.39 Å². The lowest BCUT2D eigenvalue weighted by Crippen LogP contribution is -2.31. The number of fused-ring (bicyclic) bond motifs is 2. The third-order valence-electron chi connectivity index (χ3n) is 4.76. The molecule has 0 aromatic heterocycles. The minimum Gasteiger partial charge on any atom is -0.490 e. The summed E-state index contributed by atoms with van der Waals surface area (Å²) in [6.45, 7) is 5.02. The van der Waals surface area contributed by atoms with Gasteiger partial charge in [0.2, 0.25) is 0 Å². The largest absolute Gasteiger partial charge is 0.490 e. The fourth-order valence-corrected chi connectivity index (χ4v) is 3.42. The zero-order valence-corrected chi connectivity index (χ0v) is 19.7. The topological polar surface area (TPSA) is 73.3 Å². The maximum Gasteiger partial charge on any atom is 0.195 e. The Morgan fingerprint density at radius 1 is 1.10 bits per heavy atom. The molecule has 0 saturated carbocycles. The van der Waals surface area contributed by atoms with Crippen LogP contribution in [0.4, 0.5) is 10.1 Å². The van der Waals surface area contributed by atoms with Gasteiger partial charge in [-0.05, 0) is 43.2 Å².